The Hall–Kier alpha value is -5.92. The Labute approximate surface area is 262 Å². The highest BCUT2D eigenvalue weighted by molar-refractivity contribution is 6.23. The Morgan fingerprint density at radius 1 is 0.289 bits per heavy atom. The number of rotatable bonds is 4. The molecule has 0 aromatic heterocycles. The third kappa shape index (κ3) is 4.17. The van der Waals surface area contributed by atoms with Gasteiger partial charge in [-0.15, -0.1) is 0 Å². The molecule has 210 valence electrons. The average Bonchev–Trinajstić information content (AvgIpc) is 3.11. The molecule has 0 N–H and O–H groups in total. The number of hydrogen-bond donors (Lipinski definition) is 0. The van der Waals surface area contributed by atoms with Crippen LogP contribution in [0.15, 0.2) is 176 Å². The van der Waals surface area contributed by atoms with Crippen LogP contribution in [0.4, 0.5) is 17.1 Å². The van der Waals surface area contributed by atoms with Gasteiger partial charge in [0.1, 0.15) is 0 Å². The lowest BCUT2D eigenvalue weighted by Crippen LogP contribution is -2.11. The standard InChI is InChI=1S/C44H29N/c1-3-15-35(16-4-1)45(36-17-5-2-6-18-36)44-39-21-11-9-19-37(39)43(38-20-10-12-22-40(38)44)34-26-24-30-23-25-33-27-31-13-7-8-14-32(31)28-42(33)41(30)29-34/h1-29H. The summed E-state index contributed by atoms with van der Waals surface area (Å²) in [6.07, 6.45) is 0. The van der Waals surface area contributed by atoms with E-state index >= 15 is 0 Å². The van der Waals surface area contributed by atoms with Gasteiger partial charge in [-0.3, -0.25) is 0 Å². The monoisotopic (exact) mass is 571 g/mol. The molecule has 0 radical (unpaired) electrons. The number of nitrogens with zero attached hydrogens (tertiary/aromatic N) is 1. The van der Waals surface area contributed by atoms with E-state index in [1.165, 1.54) is 70.7 Å². The fourth-order valence-corrected chi connectivity index (χ4v) is 7.12. The molecule has 0 unspecified atom stereocenters. The first-order chi connectivity index (χ1) is 22.3. The van der Waals surface area contributed by atoms with Gasteiger partial charge in [0.2, 0.25) is 0 Å². The number of fused-ring (bicyclic) bond motifs is 6. The molecular weight excluding hydrogens is 542 g/mol. The van der Waals surface area contributed by atoms with E-state index in [-0.39, 0.29) is 0 Å². The molecule has 0 aliphatic carbocycles. The molecule has 1 heteroatoms. The van der Waals surface area contributed by atoms with Crippen LogP contribution in [0.3, 0.4) is 0 Å². The van der Waals surface area contributed by atoms with Crippen LogP contribution in [0.25, 0.3) is 65.0 Å². The normalized spacial score (nSPS) is 11.6. The summed E-state index contributed by atoms with van der Waals surface area (Å²) in [6, 6.07) is 64.1. The molecule has 0 heterocycles. The van der Waals surface area contributed by atoms with Gasteiger partial charge in [0, 0.05) is 22.1 Å². The summed E-state index contributed by atoms with van der Waals surface area (Å²) in [4.78, 5) is 2.41. The molecule has 45 heavy (non-hydrogen) atoms. The predicted molar refractivity (Wildman–Crippen MR) is 194 cm³/mol. The average molecular weight is 572 g/mol. The lowest BCUT2D eigenvalue weighted by molar-refractivity contribution is 1.31. The SMILES string of the molecule is c1ccc(N(c2ccccc2)c2c3ccccc3c(-c3ccc4ccc5cc6ccccc6cc5c4c3)c3ccccc23)cc1. The molecule has 0 aliphatic heterocycles. The van der Waals surface area contributed by atoms with Crippen LogP contribution in [0, 0.1) is 0 Å². The second-order valence-corrected chi connectivity index (χ2v) is 11.7. The molecule has 0 bridgehead atoms. The summed E-state index contributed by atoms with van der Waals surface area (Å²) in [7, 11) is 0. The number of benzene rings is 9. The molecule has 9 aromatic rings. The fraction of sp³-hybridized carbons (Fsp3) is 0. The zero-order chi connectivity index (χ0) is 29.7. The van der Waals surface area contributed by atoms with Gasteiger partial charge in [-0.2, -0.15) is 0 Å². The van der Waals surface area contributed by atoms with Gasteiger partial charge < -0.3 is 4.90 Å². The number of para-hydroxylation sites is 2. The summed E-state index contributed by atoms with van der Waals surface area (Å²) < 4.78 is 0. The first-order valence-electron chi connectivity index (χ1n) is 15.5. The molecule has 0 atom stereocenters. The summed E-state index contributed by atoms with van der Waals surface area (Å²) in [5, 5.41) is 12.6. The maximum Gasteiger partial charge on any atom is 0.0618 e. The van der Waals surface area contributed by atoms with Crippen LogP contribution in [-0.4, -0.2) is 0 Å². The van der Waals surface area contributed by atoms with Crippen molar-refractivity contribution in [2.24, 2.45) is 0 Å². The van der Waals surface area contributed by atoms with Crippen molar-refractivity contribution >= 4 is 70.9 Å². The maximum atomic E-state index is 2.41. The van der Waals surface area contributed by atoms with Crippen molar-refractivity contribution in [1.82, 2.24) is 0 Å². The molecule has 0 saturated carbocycles. The Morgan fingerprint density at radius 2 is 0.756 bits per heavy atom. The molecule has 1 nitrogen and oxygen atoms in total. The molecule has 0 saturated heterocycles. The van der Waals surface area contributed by atoms with Crippen molar-refractivity contribution in [2.45, 2.75) is 0 Å². The zero-order valence-corrected chi connectivity index (χ0v) is 24.7. The smallest absolute Gasteiger partial charge is 0.0618 e. The molecule has 0 fully saturated rings. The first-order valence-corrected chi connectivity index (χ1v) is 15.5. The van der Waals surface area contributed by atoms with Crippen molar-refractivity contribution in [3.63, 3.8) is 0 Å². The van der Waals surface area contributed by atoms with E-state index in [4.69, 9.17) is 0 Å². The van der Waals surface area contributed by atoms with Gasteiger partial charge in [0.15, 0.2) is 0 Å². The third-order valence-electron chi connectivity index (χ3n) is 9.15. The maximum absolute atomic E-state index is 2.41. The highest BCUT2D eigenvalue weighted by atomic mass is 15.1. The van der Waals surface area contributed by atoms with Gasteiger partial charge in [0.05, 0.1) is 5.69 Å². The Morgan fingerprint density at radius 3 is 1.38 bits per heavy atom. The molecule has 0 spiro atoms. The van der Waals surface area contributed by atoms with E-state index in [1.807, 2.05) is 0 Å². The van der Waals surface area contributed by atoms with E-state index < -0.39 is 0 Å². The molecule has 9 aromatic carbocycles. The highest BCUT2D eigenvalue weighted by Gasteiger charge is 2.22. The van der Waals surface area contributed by atoms with Gasteiger partial charge in [0.25, 0.3) is 0 Å². The van der Waals surface area contributed by atoms with Crippen molar-refractivity contribution < 1.29 is 0 Å². The van der Waals surface area contributed by atoms with Crippen molar-refractivity contribution in [3.8, 4) is 11.1 Å². The predicted octanol–water partition coefficient (Wildman–Crippen LogP) is 12.6. The van der Waals surface area contributed by atoms with Crippen molar-refractivity contribution in [3.05, 3.63) is 176 Å². The number of anilines is 3. The minimum atomic E-state index is 1.14. The van der Waals surface area contributed by atoms with Crippen LogP contribution in [-0.2, 0) is 0 Å². The lowest BCUT2D eigenvalue weighted by atomic mass is 9.88. The highest BCUT2D eigenvalue weighted by Crippen LogP contribution is 2.48. The van der Waals surface area contributed by atoms with Crippen LogP contribution in [0.2, 0.25) is 0 Å². The molecular formula is C44H29N. The molecule has 0 aliphatic rings. The lowest BCUT2D eigenvalue weighted by Gasteiger charge is -2.29. The molecule has 9 rings (SSSR count). The quantitative estimate of drug-likeness (QED) is 0.150. The van der Waals surface area contributed by atoms with Gasteiger partial charge in [-0.25, -0.2) is 0 Å². The second-order valence-electron chi connectivity index (χ2n) is 11.7. The second kappa shape index (κ2) is 10.4. The Bertz CT molecular complexity index is 2430. The van der Waals surface area contributed by atoms with E-state index in [0.29, 0.717) is 0 Å². The summed E-state index contributed by atoms with van der Waals surface area (Å²) in [5.74, 6) is 0. The Kier molecular flexibility index (Phi) is 5.89. The van der Waals surface area contributed by atoms with E-state index in [0.717, 1.165) is 11.4 Å². The van der Waals surface area contributed by atoms with Gasteiger partial charge >= 0.3 is 0 Å². The van der Waals surface area contributed by atoms with Crippen LogP contribution >= 0.6 is 0 Å². The topological polar surface area (TPSA) is 3.24 Å². The summed E-state index contributed by atoms with van der Waals surface area (Å²) >= 11 is 0. The third-order valence-corrected chi connectivity index (χ3v) is 9.15. The van der Waals surface area contributed by atoms with Gasteiger partial charge in [-0.05, 0) is 96.7 Å². The largest absolute Gasteiger partial charge is 0.309 e. The summed E-state index contributed by atoms with van der Waals surface area (Å²) in [6.45, 7) is 0. The van der Waals surface area contributed by atoms with Crippen LogP contribution in [0.1, 0.15) is 0 Å². The minimum absolute atomic E-state index is 1.14. The number of hydrogen-bond acceptors (Lipinski definition) is 1. The summed E-state index contributed by atoms with van der Waals surface area (Å²) in [5.41, 5.74) is 5.96. The minimum Gasteiger partial charge on any atom is -0.309 e. The zero-order valence-electron chi connectivity index (χ0n) is 24.7. The molecule has 0 amide bonds. The first kappa shape index (κ1) is 25.6. The van der Waals surface area contributed by atoms with Crippen molar-refractivity contribution in [2.75, 3.05) is 4.90 Å². The van der Waals surface area contributed by atoms with E-state index in [9.17, 15) is 0 Å². The van der Waals surface area contributed by atoms with Crippen LogP contribution < -0.4 is 4.90 Å². The fourth-order valence-electron chi connectivity index (χ4n) is 7.12. The van der Waals surface area contributed by atoms with E-state index in [2.05, 4.69) is 181 Å². The van der Waals surface area contributed by atoms with Crippen LogP contribution in [0.5, 0.6) is 0 Å². The Balaban J connectivity index is 1.37. The van der Waals surface area contributed by atoms with E-state index in [1.54, 1.807) is 0 Å². The van der Waals surface area contributed by atoms with Gasteiger partial charge in [-0.1, -0.05) is 133 Å². The van der Waals surface area contributed by atoms with Crippen molar-refractivity contribution in [1.29, 1.82) is 0 Å².